The quantitative estimate of drug-likeness (QED) is 0.450. The molecule has 3 aliphatic heterocycles. The summed E-state index contributed by atoms with van der Waals surface area (Å²) in [6.45, 7) is 5.73. The van der Waals surface area contributed by atoms with Gasteiger partial charge in [-0.25, -0.2) is 12.7 Å². The van der Waals surface area contributed by atoms with Crippen molar-refractivity contribution < 1.29 is 27.5 Å². The summed E-state index contributed by atoms with van der Waals surface area (Å²) in [5.74, 6) is 0.0651. The first-order chi connectivity index (χ1) is 20.1. The van der Waals surface area contributed by atoms with E-state index in [0.717, 1.165) is 43.0 Å². The molecule has 0 saturated carbocycles. The molecule has 2 aromatic rings. The second kappa shape index (κ2) is 12.4. The van der Waals surface area contributed by atoms with Gasteiger partial charge in [0.2, 0.25) is 15.9 Å². The number of amidine groups is 1. The number of nitrogens with one attached hydrogen (secondary N) is 2. The van der Waals surface area contributed by atoms with Gasteiger partial charge in [0.1, 0.15) is 11.4 Å². The van der Waals surface area contributed by atoms with Gasteiger partial charge < -0.3 is 20.4 Å². The number of halogens is 1. The Morgan fingerprint density at radius 3 is 2.52 bits per heavy atom. The van der Waals surface area contributed by atoms with Crippen molar-refractivity contribution in [3.63, 3.8) is 0 Å². The molecule has 0 radical (unpaired) electrons. The number of carbonyl (C=O) groups excluding carboxylic acids is 2. The number of aryl methyl sites for hydroxylation is 2. The molecule has 3 aliphatic rings. The van der Waals surface area contributed by atoms with Crippen LogP contribution in [0.2, 0.25) is 0 Å². The SMILES string of the molecule is Cc1cc(NCC(=O)N2CCN(C)CC2)ccc1CCS(=O)(=O)N1CCC2(CC1)N=C(c1cccc(OF)c1)NC2=O. The number of aliphatic imine (C=N–C) groups is 1. The third-order valence-electron chi connectivity index (χ3n) is 8.39. The van der Waals surface area contributed by atoms with E-state index in [1.807, 2.05) is 37.1 Å². The number of anilines is 1. The zero-order valence-electron chi connectivity index (χ0n) is 23.9. The minimum absolute atomic E-state index is 0.00349. The standard InChI is InChI=1S/C29H37FN6O5S/c1-21-18-24(31-20-26(37)35-15-13-34(2)14-16-35)7-6-22(21)8-17-42(39,40)36-11-9-29(10-12-36)28(38)32-27(33-29)23-4-3-5-25(19-23)41-30/h3-7,18-19,31H,8-17,20H2,1-2H3,(H,32,33,38). The number of benzene rings is 2. The van der Waals surface area contributed by atoms with Crippen LogP contribution >= 0.6 is 0 Å². The topological polar surface area (TPSA) is 124 Å². The number of carbonyl (C=O) groups is 2. The van der Waals surface area contributed by atoms with Gasteiger partial charge in [-0.15, -0.1) is 0 Å². The maximum Gasteiger partial charge on any atom is 0.253 e. The minimum atomic E-state index is -3.56. The van der Waals surface area contributed by atoms with E-state index in [1.165, 1.54) is 16.4 Å². The molecule has 2 fully saturated rings. The lowest BCUT2D eigenvalue weighted by molar-refractivity contribution is -0.130. The Morgan fingerprint density at radius 1 is 1.10 bits per heavy atom. The predicted molar refractivity (Wildman–Crippen MR) is 158 cm³/mol. The van der Waals surface area contributed by atoms with E-state index in [1.54, 1.807) is 12.1 Å². The molecule has 2 N–H and O–H groups in total. The number of piperidine rings is 1. The number of hydrogen-bond acceptors (Lipinski definition) is 8. The van der Waals surface area contributed by atoms with Gasteiger partial charge in [0.15, 0.2) is 5.75 Å². The highest BCUT2D eigenvalue weighted by Crippen LogP contribution is 2.32. The fraction of sp³-hybridized carbons (Fsp3) is 0.483. The van der Waals surface area contributed by atoms with Crippen molar-refractivity contribution in [2.24, 2.45) is 4.99 Å². The zero-order chi connectivity index (χ0) is 29.9. The molecular formula is C29H37FN6O5S. The lowest BCUT2D eigenvalue weighted by atomic mass is 9.89. The number of likely N-dealkylation sites (N-methyl/N-ethyl adjacent to an activating group) is 1. The fourth-order valence-electron chi connectivity index (χ4n) is 5.62. The van der Waals surface area contributed by atoms with Crippen LogP contribution in [0, 0.1) is 6.92 Å². The van der Waals surface area contributed by atoms with Crippen LogP contribution in [0.1, 0.15) is 29.5 Å². The fourth-order valence-corrected chi connectivity index (χ4v) is 7.09. The van der Waals surface area contributed by atoms with Gasteiger partial charge in [0.05, 0.1) is 12.3 Å². The molecule has 0 bridgehead atoms. The van der Waals surface area contributed by atoms with E-state index >= 15 is 0 Å². The van der Waals surface area contributed by atoms with Gasteiger partial charge in [-0.1, -0.05) is 18.2 Å². The third-order valence-corrected chi connectivity index (χ3v) is 10.3. The monoisotopic (exact) mass is 600 g/mol. The van der Waals surface area contributed by atoms with E-state index in [0.29, 0.717) is 17.8 Å². The van der Waals surface area contributed by atoms with Crippen LogP contribution in [0.25, 0.3) is 0 Å². The molecule has 5 rings (SSSR count). The molecule has 0 unspecified atom stereocenters. The minimum Gasteiger partial charge on any atom is -0.376 e. The van der Waals surface area contributed by atoms with Gasteiger partial charge >= 0.3 is 0 Å². The molecule has 0 aromatic heterocycles. The van der Waals surface area contributed by atoms with Gasteiger partial charge in [-0.2, -0.15) is 0 Å². The summed E-state index contributed by atoms with van der Waals surface area (Å²) in [5, 5.41) is 5.96. The average Bonchev–Trinajstić information content (AvgIpc) is 3.31. The Bertz CT molecular complexity index is 1470. The predicted octanol–water partition coefficient (Wildman–Crippen LogP) is 1.73. The largest absolute Gasteiger partial charge is 0.376 e. The van der Waals surface area contributed by atoms with Gasteiger partial charge in [0.25, 0.3) is 5.91 Å². The van der Waals surface area contributed by atoms with Crippen molar-refractivity contribution in [3.8, 4) is 5.75 Å². The van der Waals surface area contributed by atoms with Crippen LogP contribution in [0.3, 0.4) is 0 Å². The first-order valence-corrected chi connectivity index (χ1v) is 15.8. The summed E-state index contributed by atoms with van der Waals surface area (Å²) in [7, 11) is -1.51. The molecule has 11 nitrogen and oxygen atoms in total. The van der Waals surface area contributed by atoms with Crippen molar-refractivity contribution in [1.82, 2.24) is 19.4 Å². The highest BCUT2D eigenvalue weighted by molar-refractivity contribution is 7.89. The molecule has 226 valence electrons. The van der Waals surface area contributed by atoms with Crippen molar-refractivity contribution in [2.75, 3.05) is 63.9 Å². The second-order valence-corrected chi connectivity index (χ2v) is 13.3. The first-order valence-electron chi connectivity index (χ1n) is 14.2. The van der Waals surface area contributed by atoms with E-state index < -0.39 is 15.6 Å². The highest BCUT2D eigenvalue weighted by atomic mass is 32.2. The van der Waals surface area contributed by atoms with Crippen molar-refractivity contribution in [2.45, 2.75) is 31.7 Å². The maximum atomic E-state index is 13.2. The Hall–Kier alpha value is -3.55. The molecule has 2 aromatic carbocycles. The van der Waals surface area contributed by atoms with Gasteiger partial charge in [-0.05, 0) is 68.6 Å². The summed E-state index contributed by atoms with van der Waals surface area (Å²) in [5.41, 5.74) is 2.17. The maximum absolute atomic E-state index is 13.2. The molecule has 0 aliphatic carbocycles. The number of hydrogen-bond donors (Lipinski definition) is 2. The summed E-state index contributed by atoms with van der Waals surface area (Å²) < 4.78 is 40.5. The first kappa shape index (κ1) is 29.9. The van der Waals surface area contributed by atoms with Crippen LogP contribution < -0.4 is 15.6 Å². The summed E-state index contributed by atoms with van der Waals surface area (Å²) in [6, 6.07) is 11.9. The summed E-state index contributed by atoms with van der Waals surface area (Å²) in [6.07, 6.45) is 0.867. The number of rotatable bonds is 9. The molecule has 2 saturated heterocycles. The number of nitrogens with zero attached hydrogens (tertiary/aromatic N) is 4. The third kappa shape index (κ3) is 6.58. The van der Waals surface area contributed by atoms with Crippen LogP contribution in [0.4, 0.5) is 10.2 Å². The summed E-state index contributed by atoms with van der Waals surface area (Å²) in [4.78, 5) is 37.9. The van der Waals surface area contributed by atoms with Crippen molar-refractivity contribution in [1.29, 1.82) is 0 Å². The van der Waals surface area contributed by atoms with Crippen LogP contribution in [-0.4, -0.2) is 104 Å². The normalized spacial score (nSPS) is 19.5. The molecule has 1 spiro atoms. The Morgan fingerprint density at radius 2 is 1.83 bits per heavy atom. The zero-order valence-corrected chi connectivity index (χ0v) is 24.8. The Labute approximate surface area is 245 Å². The van der Waals surface area contributed by atoms with Gasteiger partial charge in [0, 0.05) is 55.0 Å². The molecule has 0 atom stereocenters. The molecule has 3 heterocycles. The second-order valence-electron chi connectivity index (χ2n) is 11.2. The highest BCUT2D eigenvalue weighted by Gasteiger charge is 2.47. The number of sulfonamides is 1. The number of amides is 2. The smallest absolute Gasteiger partial charge is 0.253 e. The Balaban J connectivity index is 1.13. The molecule has 42 heavy (non-hydrogen) atoms. The van der Waals surface area contributed by atoms with Crippen LogP contribution in [0.15, 0.2) is 47.5 Å². The van der Waals surface area contributed by atoms with E-state index in [2.05, 4.69) is 25.5 Å². The van der Waals surface area contributed by atoms with Gasteiger partial charge in [-0.3, -0.25) is 19.5 Å². The van der Waals surface area contributed by atoms with E-state index in [-0.39, 0.29) is 55.8 Å². The van der Waals surface area contributed by atoms with E-state index in [4.69, 9.17) is 0 Å². The molecular weight excluding hydrogens is 563 g/mol. The Kier molecular flexibility index (Phi) is 8.81. The lowest BCUT2D eigenvalue weighted by Gasteiger charge is -2.34. The van der Waals surface area contributed by atoms with E-state index in [9.17, 15) is 22.5 Å². The average molecular weight is 601 g/mol. The van der Waals surface area contributed by atoms with Crippen molar-refractivity contribution >= 4 is 33.4 Å². The lowest BCUT2D eigenvalue weighted by Crippen LogP contribution is -2.50. The summed E-state index contributed by atoms with van der Waals surface area (Å²) >= 11 is 0. The number of piperazine rings is 1. The van der Waals surface area contributed by atoms with Crippen LogP contribution in [0.5, 0.6) is 5.75 Å². The van der Waals surface area contributed by atoms with Crippen molar-refractivity contribution in [3.05, 3.63) is 59.2 Å². The van der Waals surface area contributed by atoms with Crippen LogP contribution in [-0.2, 0) is 26.0 Å². The molecule has 2 amide bonds. The molecule has 13 heteroatoms.